The number of rotatable bonds is 5. The molecule has 1 aromatic heterocycles. The molecule has 112 valence electrons. The van der Waals surface area contributed by atoms with Gasteiger partial charge in [0.15, 0.2) is 0 Å². The third-order valence-electron chi connectivity index (χ3n) is 2.79. The van der Waals surface area contributed by atoms with Crippen LogP contribution in [0.4, 0.5) is 5.82 Å². The van der Waals surface area contributed by atoms with Crippen molar-refractivity contribution >= 4 is 11.7 Å². The van der Waals surface area contributed by atoms with Crippen molar-refractivity contribution in [2.45, 2.75) is 34.6 Å². The van der Waals surface area contributed by atoms with E-state index >= 15 is 0 Å². The molecule has 0 atom stereocenters. The lowest BCUT2D eigenvalue weighted by Crippen LogP contribution is -2.37. The van der Waals surface area contributed by atoms with Gasteiger partial charge in [-0.25, -0.2) is 4.98 Å². The topological polar surface area (TPSA) is 76.1 Å². The van der Waals surface area contributed by atoms with Gasteiger partial charge in [0.25, 0.3) is 0 Å². The van der Waals surface area contributed by atoms with Crippen LogP contribution < -0.4 is 15.4 Å². The number of aryl methyl sites for hydroxylation is 1. The van der Waals surface area contributed by atoms with Crippen LogP contribution in [0.3, 0.4) is 0 Å². The first-order valence-corrected chi connectivity index (χ1v) is 6.67. The van der Waals surface area contributed by atoms with Gasteiger partial charge < -0.3 is 15.4 Å². The lowest BCUT2D eigenvalue weighted by Gasteiger charge is -2.18. The maximum Gasteiger partial charge on any atom is 0.225 e. The van der Waals surface area contributed by atoms with E-state index < -0.39 is 0 Å². The van der Waals surface area contributed by atoms with Gasteiger partial charge in [0, 0.05) is 18.5 Å². The standard InChI is InChI=1S/C14H24N4O2/c1-9-11(17-10(2)18-12(9)20-6)15-7-8-16-13(19)14(3,4)5/h7-8H2,1-6H3,(H,16,19)(H,15,17,18). The Kier molecular flexibility index (Phi) is 5.30. The molecule has 0 aliphatic heterocycles. The minimum atomic E-state index is -0.370. The fourth-order valence-electron chi connectivity index (χ4n) is 1.60. The second-order valence-corrected chi connectivity index (χ2v) is 5.69. The monoisotopic (exact) mass is 280 g/mol. The minimum absolute atomic E-state index is 0.0347. The van der Waals surface area contributed by atoms with E-state index in [4.69, 9.17) is 4.74 Å². The van der Waals surface area contributed by atoms with E-state index in [1.165, 1.54) is 0 Å². The number of anilines is 1. The Morgan fingerprint density at radius 2 is 1.85 bits per heavy atom. The second-order valence-electron chi connectivity index (χ2n) is 5.69. The summed E-state index contributed by atoms with van der Waals surface area (Å²) in [5.41, 5.74) is 0.491. The highest BCUT2D eigenvalue weighted by Gasteiger charge is 2.20. The van der Waals surface area contributed by atoms with Crippen molar-refractivity contribution in [2.75, 3.05) is 25.5 Å². The van der Waals surface area contributed by atoms with Crippen molar-refractivity contribution in [3.05, 3.63) is 11.4 Å². The molecule has 0 aliphatic rings. The molecule has 2 N–H and O–H groups in total. The Morgan fingerprint density at radius 3 is 2.40 bits per heavy atom. The van der Waals surface area contributed by atoms with Crippen molar-refractivity contribution in [2.24, 2.45) is 5.41 Å². The molecule has 1 rings (SSSR count). The molecule has 0 radical (unpaired) electrons. The largest absolute Gasteiger partial charge is 0.481 e. The maximum absolute atomic E-state index is 11.7. The highest BCUT2D eigenvalue weighted by atomic mass is 16.5. The molecule has 6 nitrogen and oxygen atoms in total. The summed E-state index contributed by atoms with van der Waals surface area (Å²) in [5, 5.41) is 6.07. The van der Waals surface area contributed by atoms with E-state index in [0.29, 0.717) is 24.8 Å². The predicted molar refractivity (Wildman–Crippen MR) is 79.0 cm³/mol. The number of hydrogen-bond donors (Lipinski definition) is 2. The van der Waals surface area contributed by atoms with Crippen LogP contribution in [0.5, 0.6) is 5.88 Å². The van der Waals surface area contributed by atoms with Gasteiger partial charge in [0.05, 0.1) is 12.7 Å². The average molecular weight is 280 g/mol. The number of ether oxygens (including phenoxy) is 1. The predicted octanol–water partition coefficient (Wildman–Crippen LogP) is 1.68. The fraction of sp³-hybridized carbons (Fsp3) is 0.643. The Hall–Kier alpha value is -1.85. The van der Waals surface area contributed by atoms with Gasteiger partial charge in [0.1, 0.15) is 11.6 Å². The first-order chi connectivity index (χ1) is 9.25. The quantitative estimate of drug-likeness (QED) is 0.802. The summed E-state index contributed by atoms with van der Waals surface area (Å²) in [7, 11) is 1.59. The van der Waals surface area contributed by atoms with Crippen LogP contribution in [0, 0.1) is 19.3 Å². The van der Waals surface area contributed by atoms with Crippen LogP contribution in [-0.4, -0.2) is 36.1 Å². The van der Waals surface area contributed by atoms with E-state index in [9.17, 15) is 4.79 Å². The van der Waals surface area contributed by atoms with Gasteiger partial charge in [-0.3, -0.25) is 4.79 Å². The molecule has 0 fully saturated rings. The summed E-state index contributed by atoms with van der Waals surface area (Å²) in [6.45, 7) is 10.5. The number of methoxy groups -OCH3 is 1. The zero-order chi connectivity index (χ0) is 15.3. The summed E-state index contributed by atoms with van der Waals surface area (Å²) in [5.74, 6) is 1.99. The lowest BCUT2D eigenvalue weighted by atomic mass is 9.96. The van der Waals surface area contributed by atoms with Crippen LogP contribution >= 0.6 is 0 Å². The highest BCUT2D eigenvalue weighted by Crippen LogP contribution is 2.21. The number of nitrogens with one attached hydrogen (secondary N) is 2. The molecule has 0 spiro atoms. The second kappa shape index (κ2) is 6.54. The molecule has 0 unspecified atom stereocenters. The Labute approximate surface area is 120 Å². The molecule has 1 heterocycles. The zero-order valence-corrected chi connectivity index (χ0v) is 13.1. The third kappa shape index (κ3) is 4.36. The molecular weight excluding hydrogens is 256 g/mol. The van der Waals surface area contributed by atoms with E-state index in [1.807, 2.05) is 34.6 Å². The minimum Gasteiger partial charge on any atom is -0.481 e. The Morgan fingerprint density at radius 1 is 1.20 bits per heavy atom. The molecule has 0 aliphatic carbocycles. The van der Waals surface area contributed by atoms with E-state index in [0.717, 1.165) is 11.4 Å². The van der Waals surface area contributed by atoms with Crippen LogP contribution in [0.25, 0.3) is 0 Å². The molecule has 0 saturated carbocycles. The van der Waals surface area contributed by atoms with Gasteiger partial charge in [-0.1, -0.05) is 20.8 Å². The maximum atomic E-state index is 11.7. The number of carbonyl (C=O) groups excluding carboxylic acids is 1. The number of amides is 1. The van der Waals surface area contributed by atoms with Crippen molar-refractivity contribution in [1.82, 2.24) is 15.3 Å². The molecule has 1 aromatic rings. The van der Waals surface area contributed by atoms with Crippen molar-refractivity contribution in [1.29, 1.82) is 0 Å². The molecule has 0 bridgehead atoms. The molecule has 6 heteroatoms. The molecular formula is C14H24N4O2. The van der Waals surface area contributed by atoms with Crippen LogP contribution in [0.15, 0.2) is 0 Å². The Balaban J connectivity index is 2.55. The number of aromatic nitrogens is 2. The first kappa shape index (κ1) is 16.2. The van der Waals surface area contributed by atoms with Crippen LogP contribution in [-0.2, 0) is 4.79 Å². The van der Waals surface area contributed by atoms with Crippen molar-refractivity contribution in [3.63, 3.8) is 0 Å². The molecule has 20 heavy (non-hydrogen) atoms. The third-order valence-corrected chi connectivity index (χ3v) is 2.79. The Bertz CT molecular complexity index is 481. The average Bonchev–Trinajstić information content (AvgIpc) is 2.36. The van der Waals surface area contributed by atoms with Gasteiger partial charge in [-0.05, 0) is 13.8 Å². The first-order valence-electron chi connectivity index (χ1n) is 6.67. The summed E-state index contributed by atoms with van der Waals surface area (Å²) in [6.07, 6.45) is 0. The van der Waals surface area contributed by atoms with Gasteiger partial charge in [-0.15, -0.1) is 0 Å². The molecule has 0 aromatic carbocycles. The van der Waals surface area contributed by atoms with Crippen molar-refractivity contribution < 1.29 is 9.53 Å². The number of hydrogen-bond acceptors (Lipinski definition) is 5. The SMILES string of the molecule is COc1nc(C)nc(NCCNC(=O)C(C)(C)C)c1C. The van der Waals surface area contributed by atoms with Gasteiger partial charge in [-0.2, -0.15) is 4.98 Å². The van der Waals surface area contributed by atoms with Crippen LogP contribution in [0.2, 0.25) is 0 Å². The van der Waals surface area contributed by atoms with Gasteiger partial charge in [0.2, 0.25) is 11.8 Å². The number of nitrogens with zero attached hydrogens (tertiary/aromatic N) is 2. The molecule has 1 amide bonds. The summed E-state index contributed by atoms with van der Waals surface area (Å²) in [6, 6.07) is 0. The fourth-order valence-corrected chi connectivity index (χ4v) is 1.60. The summed E-state index contributed by atoms with van der Waals surface area (Å²) in [4.78, 5) is 20.2. The van der Waals surface area contributed by atoms with Crippen LogP contribution in [0.1, 0.15) is 32.2 Å². The van der Waals surface area contributed by atoms with E-state index in [1.54, 1.807) is 7.11 Å². The van der Waals surface area contributed by atoms with E-state index in [2.05, 4.69) is 20.6 Å². The normalized spacial score (nSPS) is 11.1. The lowest BCUT2D eigenvalue weighted by molar-refractivity contribution is -0.128. The van der Waals surface area contributed by atoms with Crippen molar-refractivity contribution in [3.8, 4) is 5.88 Å². The number of carbonyl (C=O) groups is 1. The smallest absolute Gasteiger partial charge is 0.225 e. The summed E-state index contributed by atoms with van der Waals surface area (Å²) < 4.78 is 5.19. The highest BCUT2D eigenvalue weighted by molar-refractivity contribution is 5.81. The van der Waals surface area contributed by atoms with Gasteiger partial charge >= 0.3 is 0 Å². The summed E-state index contributed by atoms with van der Waals surface area (Å²) >= 11 is 0. The molecule has 0 saturated heterocycles. The van der Waals surface area contributed by atoms with E-state index in [-0.39, 0.29) is 11.3 Å². The zero-order valence-electron chi connectivity index (χ0n) is 13.1.